The van der Waals surface area contributed by atoms with Crippen molar-refractivity contribution in [2.45, 2.75) is 11.6 Å². The Kier molecular flexibility index (Phi) is 2.77. The molecule has 0 spiro atoms. The van der Waals surface area contributed by atoms with Crippen LogP contribution in [0.15, 0.2) is 0 Å². The van der Waals surface area contributed by atoms with Gasteiger partial charge in [-0.15, -0.1) is 11.6 Å². The van der Waals surface area contributed by atoms with E-state index in [1.807, 2.05) is 0 Å². The lowest BCUT2D eigenvalue weighted by molar-refractivity contribution is 0.597. The number of sulfone groups is 1. The van der Waals surface area contributed by atoms with Crippen molar-refractivity contribution in [3.05, 3.63) is 6.92 Å². The Morgan fingerprint density at radius 1 is 1.75 bits per heavy atom. The SMILES string of the molecule is [CH2]CS(=O)(=O)C(C)Cl. The van der Waals surface area contributed by atoms with Crippen LogP contribution < -0.4 is 0 Å². The van der Waals surface area contributed by atoms with Crippen molar-refractivity contribution in [2.24, 2.45) is 0 Å². The van der Waals surface area contributed by atoms with Gasteiger partial charge in [-0.2, -0.15) is 0 Å². The molecule has 1 unspecified atom stereocenters. The monoisotopic (exact) mass is 155 g/mol. The molecule has 0 aliphatic carbocycles. The maximum atomic E-state index is 10.5. The van der Waals surface area contributed by atoms with E-state index >= 15 is 0 Å². The summed E-state index contributed by atoms with van der Waals surface area (Å²) in [6.45, 7) is 4.62. The fourth-order valence-corrected chi connectivity index (χ4v) is 0.754. The fraction of sp³-hybridized carbons (Fsp3) is 0.750. The van der Waals surface area contributed by atoms with Crippen LogP contribution >= 0.6 is 11.6 Å². The molecular formula is C4H8ClO2S. The number of hydrogen-bond acceptors (Lipinski definition) is 2. The van der Waals surface area contributed by atoms with Gasteiger partial charge in [0.2, 0.25) is 0 Å². The Bertz CT molecular complexity index is 147. The van der Waals surface area contributed by atoms with E-state index in [0.717, 1.165) is 0 Å². The van der Waals surface area contributed by atoms with Gasteiger partial charge in [-0.3, -0.25) is 0 Å². The van der Waals surface area contributed by atoms with Crippen molar-refractivity contribution in [2.75, 3.05) is 5.75 Å². The van der Waals surface area contributed by atoms with Crippen LogP contribution in [0, 0.1) is 6.92 Å². The third kappa shape index (κ3) is 2.01. The molecular weight excluding hydrogens is 148 g/mol. The zero-order valence-corrected chi connectivity index (χ0v) is 6.17. The van der Waals surface area contributed by atoms with Crippen LogP contribution in [-0.4, -0.2) is 18.9 Å². The molecule has 0 rings (SSSR count). The molecule has 0 amide bonds. The van der Waals surface area contributed by atoms with Gasteiger partial charge in [0, 0.05) is 0 Å². The molecule has 0 aliphatic rings. The number of halogens is 1. The molecule has 0 aromatic carbocycles. The maximum Gasteiger partial charge on any atom is 0.166 e. The van der Waals surface area contributed by atoms with Crippen molar-refractivity contribution in [1.29, 1.82) is 0 Å². The summed E-state index contributed by atoms with van der Waals surface area (Å²) in [6.07, 6.45) is 0. The van der Waals surface area contributed by atoms with E-state index < -0.39 is 14.5 Å². The maximum absolute atomic E-state index is 10.5. The highest BCUT2D eigenvalue weighted by Gasteiger charge is 2.13. The standard InChI is InChI=1S/C4H8ClO2S/c1-3-8(6,7)4(2)5/h4H,1,3H2,2H3. The number of alkyl halides is 1. The normalized spacial score (nSPS) is 15.9. The average Bonchev–Trinajstić information content (AvgIpc) is 1.67. The van der Waals surface area contributed by atoms with Crippen LogP contribution in [0.3, 0.4) is 0 Å². The van der Waals surface area contributed by atoms with Crippen LogP contribution in [-0.2, 0) is 9.84 Å². The Labute approximate surface area is 54.8 Å². The zero-order chi connectivity index (χ0) is 6.78. The Balaban J connectivity index is 4.17. The molecule has 0 N–H and O–H groups in total. The van der Waals surface area contributed by atoms with Gasteiger partial charge in [-0.25, -0.2) is 8.42 Å². The van der Waals surface area contributed by atoms with Crippen molar-refractivity contribution >= 4 is 21.4 Å². The molecule has 1 radical (unpaired) electrons. The van der Waals surface area contributed by atoms with Gasteiger partial charge in [0.1, 0.15) is 4.71 Å². The molecule has 0 aromatic rings. The first-order chi connectivity index (χ1) is 3.50. The molecule has 0 aliphatic heterocycles. The van der Waals surface area contributed by atoms with E-state index in [-0.39, 0.29) is 5.75 Å². The lowest BCUT2D eigenvalue weighted by Gasteiger charge is -1.99. The van der Waals surface area contributed by atoms with Crippen molar-refractivity contribution in [3.63, 3.8) is 0 Å². The molecule has 0 fully saturated rings. The van der Waals surface area contributed by atoms with Gasteiger partial charge in [-0.05, 0) is 13.8 Å². The van der Waals surface area contributed by atoms with E-state index in [0.29, 0.717) is 0 Å². The second-order valence-corrected chi connectivity index (χ2v) is 4.76. The molecule has 0 aromatic heterocycles. The van der Waals surface area contributed by atoms with Gasteiger partial charge in [-0.1, -0.05) is 0 Å². The fourth-order valence-electron chi connectivity index (χ4n) is 0.162. The van der Waals surface area contributed by atoms with Gasteiger partial charge in [0.05, 0.1) is 5.75 Å². The zero-order valence-electron chi connectivity index (χ0n) is 4.59. The quantitative estimate of drug-likeness (QED) is 0.554. The van der Waals surface area contributed by atoms with E-state index in [1.165, 1.54) is 6.92 Å². The number of rotatable bonds is 2. The van der Waals surface area contributed by atoms with E-state index in [2.05, 4.69) is 6.92 Å². The average molecular weight is 156 g/mol. The van der Waals surface area contributed by atoms with Gasteiger partial charge < -0.3 is 0 Å². The minimum Gasteiger partial charge on any atom is -0.227 e. The second-order valence-electron chi connectivity index (χ2n) is 1.41. The lowest BCUT2D eigenvalue weighted by atomic mass is 10.9. The first-order valence-corrected chi connectivity index (χ1v) is 4.31. The van der Waals surface area contributed by atoms with Crippen LogP contribution in [0.2, 0.25) is 0 Å². The summed E-state index contributed by atoms with van der Waals surface area (Å²) in [5.41, 5.74) is 0. The van der Waals surface area contributed by atoms with Crippen LogP contribution in [0.25, 0.3) is 0 Å². The summed E-state index contributed by atoms with van der Waals surface area (Å²) in [7, 11) is -3.08. The van der Waals surface area contributed by atoms with Crippen LogP contribution in [0.5, 0.6) is 0 Å². The van der Waals surface area contributed by atoms with Gasteiger partial charge in [0.15, 0.2) is 9.84 Å². The van der Waals surface area contributed by atoms with Crippen molar-refractivity contribution < 1.29 is 8.42 Å². The predicted octanol–water partition coefficient (Wildman–Crippen LogP) is 0.820. The van der Waals surface area contributed by atoms with E-state index in [9.17, 15) is 8.42 Å². The van der Waals surface area contributed by atoms with Crippen LogP contribution in [0.4, 0.5) is 0 Å². The topological polar surface area (TPSA) is 34.1 Å². The molecule has 49 valence electrons. The third-order valence-corrected chi connectivity index (χ3v) is 3.15. The third-order valence-electron chi connectivity index (χ3n) is 0.779. The molecule has 1 atom stereocenters. The van der Waals surface area contributed by atoms with Crippen LogP contribution in [0.1, 0.15) is 6.92 Å². The smallest absolute Gasteiger partial charge is 0.166 e. The van der Waals surface area contributed by atoms with E-state index in [4.69, 9.17) is 11.6 Å². The highest BCUT2D eigenvalue weighted by atomic mass is 35.5. The largest absolute Gasteiger partial charge is 0.227 e. The van der Waals surface area contributed by atoms with Crippen molar-refractivity contribution in [3.8, 4) is 0 Å². The Morgan fingerprint density at radius 2 is 2.12 bits per heavy atom. The second kappa shape index (κ2) is 2.69. The number of hydrogen-bond donors (Lipinski definition) is 0. The summed E-state index contributed by atoms with van der Waals surface area (Å²) >= 11 is 5.24. The molecule has 8 heavy (non-hydrogen) atoms. The van der Waals surface area contributed by atoms with Gasteiger partial charge in [0.25, 0.3) is 0 Å². The molecule has 4 heteroatoms. The highest BCUT2D eigenvalue weighted by Crippen LogP contribution is 2.04. The minimum atomic E-state index is -3.08. The Hall–Kier alpha value is 0.240. The highest BCUT2D eigenvalue weighted by molar-refractivity contribution is 7.93. The predicted molar refractivity (Wildman–Crippen MR) is 34.5 cm³/mol. The summed E-state index contributed by atoms with van der Waals surface area (Å²) in [5, 5.41) is 0. The summed E-state index contributed by atoms with van der Waals surface area (Å²) in [6, 6.07) is 0. The molecule has 0 saturated heterocycles. The van der Waals surface area contributed by atoms with Crippen molar-refractivity contribution in [1.82, 2.24) is 0 Å². The minimum absolute atomic E-state index is 0.127. The molecule has 2 nitrogen and oxygen atoms in total. The molecule has 0 bridgehead atoms. The summed E-state index contributed by atoms with van der Waals surface area (Å²) in [5.74, 6) is -0.127. The van der Waals surface area contributed by atoms with Gasteiger partial charge >= 0.3 is 0 Å². The summed E-state index contributed by atoms with van der Waals surface area (Å²) in [4.78, 5) is 0. The lowest BCUT2D eigenvalue weighted by Crippen LogP contribution is -2.13. The first kappa shape index (κ1) is 8.24. The Morgan fingerprint density at radius 3 is 2.12 bits per heavy atom. The first-order valence-electron chi connectivity index (χ1n) is 2.15. The summed E-state index contributed by atoms with van der Waals surface area (Å²) < 4.78 is 20.2. The molecule has 0 saturated carbocycles. The molecule has 0 heterocycles. The van der Waals surface area contributed by atoms with E-state index in [1.54, 1.807) is 0 Å².